The van der Waals surface area contributed by atoms with Gasteiger partial charge < -0.3 is 18.9 Å². The van der Waals surface area contributed by atoms with Crippen LogP contribution in [0.3, 0.4) is 0 Å². The van der Waals surface area contributed by atoms with Gasteiger partial charge in [0.05, 0.1) is 27.8 Å². The van der Waals surface area contributed by atoms with Gasteiger partial charge in [-0.2, -0.15) is 0 Å². The Hall–Kier alpha value is -12.3. The number of thiophene rings is 1. The van der Waals surface area contributed by atoms with Gasteiger partial charge in [0.1, 0.15) is 0 Å². The van der Waals surface area contributed by atoms with Gasteiger partial charge in [-0.3, -0.25) is 0 Å². The van der Waals surface area contributed by atoms with Crippen molar-refractivity contribution in [1.29, 1.82) is 0 Å². The minimum absolute atomic E-state index is 0.00209. The minimum atomic E-state index is -0.200. The summed E-state index contributed by atoms with van der Waals surface area (Å²) in [6, 6.07) is 126. The highest BCUT2D eigenvalue weighted by Crippen LogP contribution is 2.57. The molecule has 0 N–H and O–H groups in total. The van der Waals surface area contributed by atoms with Crippen molar-refractivity contribution in [3.63, 3.8) is 0 Å². The first-order valence-corrected chi connectivity index (χ1v) is 39.5. The summed E-state index contributed by atoms with van der Waals surface area (Å²) >= 11 is 1.87. The van der Waals surface area contributed by atoms with Crippen molar-refractivity contribution in [2.45, 2.75) is 89.4 Å². The molecule has 22 rings (SSSR count). The Labute approximate surface area is 641 Å². The highest BCUT2D eigenvalue weighted by Gasteiger charge is 2.47. The van der Waals surface area contributed by atoms with Gasteiger partial charge in [0.2, 0.25) is 0 Å². The molecular formula is C104H82N4S. The molecule has 1 atom stereocenters. The van der Waals surface area contributed by atoms with E-state index in [1.54, 1.807) is 0 Å². The molecule has 0 fully saturated rings. The van der Waals surface area contributed by atoms with Crippen molar-refractivity contribution in [2.24, 2.45) is 0 Å². The zero-order chi connectivity index (χ0) is 73.2. The third-order valence-corrected chi connectivity index (χ3v) is 26.2. The van der Waals surface area contributed by atoms with Gasteiger partial charge in [-0.15, -0.1) is 11.3 Å². The van der Waals surface area contributed by atoms with Crippen LogP contribution in [-0.2, 0) is 21.7 Å². The highest BCUT2D eigenvalue weighted by atomic mass is 32.1. The largest absolute Gasteiger partial charge is 0.310 e. The molecule has 4 bridgehead atoms. The number of aromatic nitrogens is 2. The lowest BCUT2D eigenvalue weighted by atomic mass is 9.63. The Morgan fingerprint density at radius 1 is 0.275 bits per heavy atom. The fourth-order valence-electron chi connectivity index (χ4n) is 19.6. The summed E-state index contributed by atoms with van der Waals surface area (Å²) < 4.78 is 7.55. The van der Waals surface area contributed by atoms with Crippen LogP contribution in [0.25, 0.3) is 131 Å². The maximum absolute atomic E-state index is 2.54. The van der Waals surface area contributed by atoms with Crippen LogP contribution < -0.4 is 9.80 Å². The quantitative estimate of drug-likeness (QED) is 0.143. The SMILES string of the molecule is CC1(C)CCC(C)(C)c2cc(-n3c4ccccc4c4cc(-c5cccc(N(c6ccccc6)c6ccc7c(c6)sc6cc(-c8cccc(-c9cccc(-c%10ccc(N%11c%12ccc(cc%12)-c%12ccccc%12C%12(C)CC(C)(C)c%13ccc(cc%13%12)-n%12c%13ccccc%13c%13cccc%11c%13%12)cc%10)c9)c8)ccc67)c5)ccc43)ccc21. The first-order valence-electron chi connectivity index (χ1n) is 38.7. The molecule has 2 aliphatic heterocycles. The van der Waals surface area contributed by atoms with Crippen LogP contribution in [0.4, 0.5) is 34.1 Å². The number of para-hydroxylation sites is 4. The number of hydrogen-bond donors (Lipinski definition) is 0. The van der Waals surface area contributed by atoms with Crippen LogP contribution >= 0.6 is 11.3 Å². The molecule has 109 heavy (non-hydrogen) atoms. The third kappa shape index (κ3) is 10.4. The van der Waals surface area contributed by atoms with Gasteiger partial charge in [-0.1, -0.05) is 249 Å². The molecule has 524 valence electrons. The second-order valence-electron chi connectivity index (χ2n) is 33.1. The molecule has 0 saturated heterocycles. The van der Waals surface area contributed by atoms with Crippen molar-refractivity contribution in [2.75, 3.05) is 9.80 Å². The molecule has 15 aromatic carbocycles. The lowest BCUT2D eigenvalue weighted by Gasteiger charge is -2.42. The van der Waals surface area contributed by atoms with Gasteiger partial charge in [0, 0.05) is 86.9 Å². The van der Waals surface area contributed by atoms with E-state index in [2.05, 4.69) is 401 Å². The summed E-state index contributed by atoms with van der Waals surface area (Å²) in [6.45, 7) is 17.0. The number of nitrogens with zero attached hydrogens (tertiary/aromatic N) is 4. The average Bonchev–Trinajstić information content (AvgIpc) is 1.58. The van der Waals surface area contributed by atoms with Crippen molar-refractivity contribution in [3.05, 3.63) is 361 Å². The van der Waals surface area contributed by atoms with Crippen LogP contribution in [-0.4, -0.2) is 9.13 Å². The van der Waals surface area contributed by atoms with E-state index in [9.17, 15) is 0 Å². The number of benzene rings is 15. The second-order valence-corrected chi connectivity index (χ2v) is 34.2. The Bertz CT molecular complexity index is 6760. The summed E-state index contributed by atoms with van der Waals surface area (Å²) in [7, 11) is 0. The van der Waals surface area contributed by atoms with E-state index in [4.69, 9.17) is 0 Å². The van der Waals surface area contributed by atoms with Crippen molar-refractivity contribution in [1.82, 2.24) is 9.13 Å². The summed E-state index contributed by atoms with van der Waals surface area (Å²) in [5.74, 6) is 0. The summed E-state index contributed by atoms with van der Waals surface area (Å²) in [6.07, 6.45) is 3.41. The maximum Gasteiger partial charge on any atom is 0.0782 e. The van der Waals surface area contributed by atoms with Gasteiger partial charge in [0.25, 0.3) is 0 Å². The Morgan fingerprint density at radius 3 is 1.47 bits per heavy atom. The molecule has 5 heterocycles. The average molecular weight is 1420 g/mol. The Morgan fingerprint density at radius 2 is 0.752 bits per heavy atom. The van der Waals surface area contributed by atoms with Crippen LogP contribution in [0.2, 0.25) is 0 Å². The first kappa shape index (κ1) is 65.0. The summed E-state index contributed by atoms with van der Waals surface area (Å²) in [5, 5.41) is 7.53. The monoisotopic (exact) mass is 1420 g/mol. The van der Waals surface area contributed by atoms with Crippen LogP contribution in [0, 0.1) is 0 Å². The van der Waals surface area contributed by atoms with E-state index < -0.39 is 0 Å². The molecule has 2 aliphatic carbocycles. The van der Waals surface area contributed by atoms with Gasteiger partial charge in [-0.05, 0) is 252 Å². The minimum Gasteiger partial charge on any atom is -0.310 e. The maximum atomic E-state index is 2.54. The Balaban J connectivity index is 0.590. The fourth-order valence-corrected chi connectivity index (χ4v) is 20.7. The molecule has 4 aliphatic rings. The summed E-state index contributed by atoms with van der Waals surface area (Å²) in [4.78, 5) is 4.88. The van der Waals surface area contributed by atoms with E-state index in [1.807, 2.05) is 11.3 Å². The first-order chi connectivity index (χ1) is 53.1. The molecule has 5 heteroatoms. The van der Waals surface area contributed by atoms with Crippen molar-refractivity contribution >= 4 is 109 Å². The zero-order valence-corrected chi connectivity index (χ0v) is 63.4. The molecule has 4 nitrogen and oxygen atoms in total. The van der Waals surface area contributed by atoms with E-state index in [1.165, 1.54) is 166 Å². The van der Waals surface area contributed by atoms with Gasteiger partial charge in [-0.25, -0.2) is 0 Å². The smallest absolute Gasteiger partial charge is 0.0782 e. The normalized spacial score (nSPS) is 16.0. The van der Waals surface area contributed by atoms with Gasteiger partial charge in [0.15, 0.2) is 0 Å². The lowest BCUT2D eigenvalue weighted by molar-refractivity contribution is 0.332. The van der Waals surface area contributed by atoms with E-state index in [0.29, 0.717) is 0 Å². The van der Waals surface area contributed by atoms with Crippen molar-refractivity contribution in [3.8, 4) is 67.0 Å². The lowest BCUT2D eigenvalue weighted by Crippen LogP contribution is -2.33. The molecule has 0 saturated carbocycles. The number of fused-ring (bicyclic) bond motifs is 11. The second kappa shape index (κ2) is 24.4. The summed E-state index contributed by atoms with van der Waals surface area (Å²) in [5.41, 5.74) is 33.1. The van der Waals surface area contributed by atoms with Gasteiger partial charge >= 0.3 is 0 Å². The molecular weight excluding hydrogens is 1340 g/mol. The number of rotatable bonds is 9. The third-order valence-electron chi connectivity index (χ3n) is 25.0. The van der Waals surface area contributed by atoms with E-state index >= 15 is 0 Å². The van der Waals surface area contributed by atoms with Crippen molar-refractivity contribution < 1.29 is 0 Å². The topological polar surface area (TPSA) is 16.3 Å². The molecule has 3 aromatic heterocycles. The predicted molar refractivity (Wildman–Crippen MR) is 464 cm³/mol. The molecule has 0 spiro atoms. The van der Waals surface area contributed by atoms with Crippen LogP contribution in [0.5, 0.6) is 0 Å². The molecule has 0 radical (unpaired) electrons. The number of anilines is 6. The Kier molecular flexibility index (Phi) is 14.5. The zero-order valence-electron chi connectivity index (χ0n) is 62.6. The van der Waals surface area contributed by atoms with E-state index in [-0.39, 0.29) is 21.7 Å². The molecule has 18 aromatic rings. The fraction of sp³-hybridized carbons (Fsp3) is 0.135. The van der Waals surface area contributed by atoms with Crippen LogP contribution in [0.15, 0.2) is 334 Å². The standard InChI is InChI=1S/C104H82N4S/c1-101(2)55-56-102(3,4)92-62-79(48-52-90(92)101)107-94-34-15-13-31-84(94)88-60-73(42-54-96(88)107)72-25-19-28-78(59-72)105(75-26-9-8-10-27-75)81-47-51-86-85-50-41-74(61-98(85)109-99(86)64-81)71-24-18-23-70(58-71)69-22-17-21-68(57-69)66-37-43-76(44-38-66)106-77-45-39-67(40-46-77)82-29-11-14-33-89(82)104(7)65-103(5,6)91-53-49-80(63-93(91)104)108-95-35-16-12-30-83(95)87-32-20-36-97(106)100(87)108/h8-54,57-64H,55-56,65H2,1-7H3. The molecule has 1 unspecified atom stereocenters. The van der Waals surface area contributed by atoms with E-state index in [0.717, 1.165) is 46.1 Å². The predicted octanol–water partition coefficient (Wildman–Crippen LogP) is 29.2. The molecule has 0 amide bonds. The van der Waals surface area contributed by atoms with Crippen LogP contribution in [0.1, 0.15) is 95.5 Å². The highest BCUT2D eigenvalue weighted by molar-refractivity contribution is 7.25. The number of hydrogen-bond acceptors (Lipinski definition) is 3.